The Balaban J connectivity index is 1.80. The normalized spacial score (nSPS) is 18.4. The van der Waals surface area contributed by atoms with Gasteiger partial charge in [-0.15, -0.1) is 0 Å². The third kappa shape index (κ3) is 9.11. The molecule has 0 bridgehead atoms. The molecule has 0 aliphatic heterocycles. The van der Waals surface area contributed by atoms with Gasteiger partial charge in [-0.25, -0.2) is 0 Å². The van der Waals surface area contributed by atoms with E-state index in [1.54, 1.807) is 0 Å². The summed E-state index contributed by atoms with van der Waals surface area (Å²) in [6, 6.07) is 8.71. The molecule has 0 heterocycles. The van der Waals surface area contributed by atoms with Crippen LogP contribution in [0, 0.1) is 16.7 Å². The van der Waals surface area contributed by atoms with Crippen LogP contribution in [0.5, 0.6) is 5.75 Å². The molecular formula is C27H46O2. The molecule has 29 heavy (non-hydrogen) atoms. The smallest absolute Gasteiger partial charge is 0.196 e. The molecule has 1 saturated carbocycles. The van der Waals surface area contributed by atoms with Crippen LogP contribution in [0.15, 0.2) is 24.3 Å². The Bertz CT molecular complexity index is 570. The minimum Gasteiger partial charge on any atom is -0.465 e. The average Bonchev–Trinajstić information content (AvgIpc) is 2.63. The van der Waals surface area contributed by atoms with Crippen LogP contribution in [-0.2, 0) is 4.74 Å². The van der Waals surface area contributed by atoms with E-state index >= 15 is 0 Å². The fourth-order valence-electron chi connectivity index (χ4n) is 4.64. The summed E-state index contributed by atoms with van der Waals surface area (Å²) < 4.78 is 11.9. The van der Waals surface area contributed by atoms with Crippen LogP contribution >= 0.6 is 0 Å². The lowest BCUT2D eigenvalue weighted by molar-refractivity contribution is -0.0685. The molecule has 1 fully saturated rings. The average molecular weight is 403 g/mol. The molecule has 1 aromatic rings. The number of hydrogen-bond donors (Lipinski definition) is 0. The first-order valence-corrected chi connectivity index (χ1v) is 11.9. The van der Waals surface area contributed by atoms with Crippen molar-refractivity contribution in [1.82, 2.24) is 0 Å². The van der Waals surface area contributed by atoms with Crippen molar-refractivity contribution in [2.75, 3.05) is 6.61 Å². The lowest BCUT2D eigenvalue weighted by atomic mass is 9.69. The molecule has 0 spiro atoms. The molecule has 1 aromatic carbocycles. The number of ether oxygens (including phenoxy) is 2. The summed E-state index contributed by atoms with van der Waals surface area (Å²) in [6.07, 6.45) is 10.6. The SMILES string of the molecule is CC(OCCCC1CCCCC1)Oc1ccc([C@@H](CC(C)(C)C)C(C)(C)C)cc1. The molecule has 0 amide bonds. The molecule has 0 aromatic heterocycles. The highest BCUT2D eigenvalue weighted by molar-refractivity contribution is 5.30. The maximum Gasteiger partial charge on any atom is 0.196 e. The third-order valence-corrected chi connectivity index (χ3v) is 6.28. The van der Waals surface area contributed by atoms with Crippen LogP contribution in [0.25, 0.3) is 0 Å². The van der Waals surface area contributed by atoms with Gasteiger partial charge in [0.15, 0.2) is 6.29 Å². The van der Waals surface area contributed by atoms with Gasteiger partial charge < -0.3 is 9.47 Å². The summed E-state index contributed by atoms with van der Waals surface area (Å²) in [5.74, 6) is 2.36. The predicted octanol–water partition coefficient (Wildman–Crippen LogP) is 8.35. The Kier molecular flexibility index (Phi) is 9.07. The zero-order valence-corrected chi connectivity index (χ0v) is 20.2. The van der Waals surface area contributed by atoms with Gasteiger partial charge in [-0.3, -0.25) is 0 Å². The number of benzene rings is 1. The lowest BCUT2D eigenvalue weighted by Crippen LogP contribution is -2.23. The van der Waals surface area contributed by atoms with Crippen molar-refractivity contribution in [3.05, 3.63) is 29.8 Å². The van der Waals surface area contributed by atoms with E-state index in [4.69, 9.17) is 9.47 Å². The molecule has 1 aliphatic carbocycles. The molecule has 2 rings (SSSR count). The highest BCUT2D eigenvalue weighted by atomic mass is 16.7. The molecule has 1 aliphatic rings. The maximum atomic E-state index is 6.01. The van der Waals surface area contributed by atoms with Gasteiger partial charge in [0.05, 0.1) is 6.61 Å². The van der Waals surface area contributed by atoms with Gasteiger partial charge in [0.25, 0.3) is 0 Å². The van der Waals surface area contributed by atoms with Crippen LogP contribution < -0.4 is 4.74 Å². The molecular weight excluding hydrogens is 356 g/mol. The Labute approximate surface area is 180 Å². The number of hydrogen-bond acceptors (Lipinski definition) is 2. The van der Waals surface area contributed by atoms with Crippen molar-refractivity contribution in [2.24, 2.45) is 16.7 Å². The lowest BCUT2D eigenvalue weighted by Gasteiger charge is -2.36. The van der Waals surface area contributed by atoms with E-state index in [1.807, 2.05) is 6.92 Å². The van der Waals surface area contributed by atoms with E-state index in [0.717, 1.165) is 24.7 Å². The van der Waals surface area contributed by atoms with Gasteiger partial charge in [0.1, 0.15) is 5.75 Å². The highest BCUT2D eigenvalue weighted by Gasteiger charge is 2.30. The summed E-state index contributed by atoms with van der Waals surface area (Å²) in [7, 11) is 0. The van der Waals surface area contributed by atoms with E-state index in [1.165, 1.54) is 50.5 Å². The first kappa shape index (κ1) is 24.3. The van der Waals surface area contributed by atoms with Gasteiger partial charge >= 0.3 is 0 Å². The minimum atomic E-state index is -0.194. The van der Waals surface area contributed by atoms with Crippen LogP contribution in [0.2, 0.25) is 0 Å². The Morgan fingerprint density at radius 2 is 1.55 bits per heavy atom. The zero-order valence-electron chi connectivity index (χ0n) is 20.2. The zero-order chi connectivity index (χ0) is 21.5. The van der Waals surface area contributed by atoms with E-state index < -0.39 is 0 Å². The third-order valence-electron chi connectivity index (χ3n) is 6.28. The molecule has 166 valence electrons. The first-order chi connectivity index (χ1) is 13.5. The highest BCUT2D eigenvalue weighted by Crippen LogP contribution is 2.43. The van der Waals surface area contributed by atoms with Gasteiger partial charge in [-0.2, -0.15) is 0 Å². The van der Waals surface area contributed by atoms with Crippen LogP contribution in [-0.4, -0.2) is 12.9 Å². The topological polar surface area (TPSA) is 18.5 Å². The van der Waals surface area contributed by atoms with Crippen molar-refractivity contribution >= 4 is 0 Å². The molecule has 1 unspecified atom stereocenters. The summed E-state index contributed by atoms with van der Waals surface area (Å²) in [4.78, 5) is 0. The Morgan fingerprint density at radius 1 is 0.931 bits per heavy atom. The standard InChI is InChI=1S/C27H46O2/c1-21(28-19-11-14-22-12-9-8-10-13-22)29-24-17-15-23(16-18-24)25(27(5,6)7)20-26(2,3)4/h15-18,21-22,25H,8-14,19-20H2,1-7H3/t21?,25-/m1/s1. The molecule has 2 atom stereocenters. The first-order valence-electron chi connectivity index (χ1n) is 11.9. The van der Waals surface area contributed by atoms with Crippen molar-refractivity contribution in [3.63, 3.8) is 0 Å². The monoisotopic (exact) mass is 402 g/mol. The van der Waals surface area contributed by atoms with Crippen molar-refractivity contribution in [3.8, 4) is 5.75 Å². The molecule has 0 saturated heterocycles. The Hall–Kier alpha value is -1.02. The van der Waals surface area contributed by atoms with Gasteiger partial charge in [0.2, 0.25) is 0 Å². The summed E-state index contributed by atoms with van der Waals surface area (Å²) in [6.45, 7) is 16.8. The second-order valence-electron chi connectivity index (χ2n) is 11.5. The van der Waals surface area contributed by atoms with Crippen LogP contribution in [0.3, 0.4) is 0 Å². The van der Waals surface area contributed by atoms with Crippen LogP contribution in [0.1, 0.15) is 111 Å². The van der Waals surface area contributed by atoms with Crippen LogP contribution in [0.4, 0.5) is 0 Å². The summed E-state index contributed by atoms with van der Waals surface area (Å²) in [5.41, 5.74) is 1.96. The number of rotatable bonds is 9. The van der Waals surface area contributed by atoms with E-state index in [2.05, 4.69) is 65.8 Å². The second-order valence-corrected chi connectivity index (χ2v) is 11.5. The quantitative estimate of drug-likeness (QED) is 0.305. The molecule has 0 radical (unpaired) electrons. The summed E-state index contributed by atoms with van der Waals surface area (Å²) >= 11 is 0. The molecule has 0 N–H and O–H groups in total. The minimum absolute atomic E-state index is 0.194. The van der Waals surface area contributed by atoms with E-state index in [-0.39, 0.29) is 11.7 Å². The maximum absolute atomic E-state index is 6.01. The second kappa shape index (κ2) is 10.8. The largest absolute Gasteiger partial charge is 0.465 e. The van der Waals surface area contributed by atoms with Crippen molar-refractivity contribution in [2.45, 2.75) is 112 Å². The Morgan fingerprint density at radius 3 is 2.10 bits per heavy atom. The molecule has 2 nitrogen and oxygen atoms in total. The van der Waals surface area contributed by atoms with E-state index in [9.17, 15) is 0 Å². The fourth-order valence-corrected chi connectivity index (χ4v) is 4.64. The fraction of sp³-hybridized carbons (Fsp3) is 0.778. The predicted molar refractivity (Wildman–Crippen MR) is 125 cm³/mol. The van der Waals surface area contributed by atoms with Crippen molar-refractivity contribution < 1.29 is 9.47 Å². The van der Waals surface area contributed by atoms with E-state index in [0.29, 0.717) is 11.3 Å². The van der Waals surface area contributed by atoms with Gasteiger partial charge in [-0.1, -0.05) is 85.8 Å². The molecule has 2 heteroatoms. The van der Waals surface area contributed by atoms with Gasteiger partial charge in [0, 0.05) is 0 Å². The van der Waals surface area contributed by atoms with Gasteiger partial charge in [-0.05, 0) is 66.5 Å². The van der Waals surface area contributed by atoms with Crippen molar-refractivity contribution in [1.29, 1.82) is 0 Å². The summed E-state index contributed by atoms with van der Waals surface area (Å²) in [5, 5.41) is 0.